The molecule has 4 rings (SSSR count). The van der Waals surface area contributed by atoms with E-state index in [9.17, 15) is 9.59 Å². The summed E-state index contributed by atoms with van der Waals surface area (Å²) in [5.41, 5.74) is 1.48. The molecule has 0 bridgehead atoms. The Bertz CT molecular complexity index is 806. The van der Waals surface area contributed by atoms with E-state index < -0.39 is 12.0 Å². The molecule has 0 saturated carbocycles. The minimum Gasteiger partial charge on any atom is -0.497 e. The number of hydroxylamine groups is 2. The zero-order chi connectivity index (χ0) is 17.6. The highest BCUT2D eigenvalue weighted by molar-refractivity contribution is 6.23. The molecule has 2 heterocycles. The molecule has 0 spiro atoms. The monoisotopic (exact) mass is 338 g/mol. The second-order valence-electron chi connectivity index (χ2n) is 6.16. The fraction of sp³-hybridized carbons (Fsp3) is 0.263. The minimum atomic E-state index is -0.787. The Morgan fingerprint density at radius 2 is 1.64 bits per heavy atom. The fourth-order valence-electron chi connectivity index (χ4n) is 3.60. The Morgan fingerprint density at radius 1 is 0.960 bits per heavy atom. The van der Waals surface area contributed by atoms with Gasteiger partial charge in [-0.15, -0.1) is 0 Å². The molecule has 3 atom stereocenters. The van der Waals surface area contributed by atoms with Gasteiger partial charge in [0.1, 0.15) is 5.75 Å². The van der Waals surface area contributed by atoms with Crippen molar-refractivity contribution in [3.8, 4) is 5.75 Å². The van der Waals surface area contributed by atoms with Gasteiger partial charge < -0.3 is 4.74 Å². The van der Waals surface area contributed by atoms with Crippen molar-refractivity contribution in [2.24, 2.45) is 5.92 Å². The molecule has 2 aliphatic rings. The summed E-state index contributed by atoms with van der Waals surface area (Å²) in [7, 11) is 3.35. The molecule has 2 aliphatic heterocycles. The molecule has 0 radical (unpaired) electrons. The van der Waals surface area contributed by atoms with Crippen LogP contribution in [-0.4, -0.2) is 37.1 Å². The normalized spacial score (nSPS) is 26.2. The van der Waals surface area contributed by atoms with Crippen molar-refractivity contribution in [2.75, 3.05) is 19.1 Å². The van der Waals surface area contributed by atoms with Crippen molar-refractivity contribution in [2.45, 2.75) is 12.1 Å². The summed E-state index contributed by atoms with van der Waals surface area (Å²) < 4.78 is 5.18. The summed E-state index contributed by atoms with van der Waals surface area (Å²) in [5, 5.41) is 1.61. The van der Waals surface area contributed by atoms with Crippen molar-refractivity contribution < 1.29 is 19.2 Å². The maximum absolute atomic E-state index is 13.0. The predicted octanol–water partition coefficient (Wildman–Crippen LogP) is 2.17. The lowest BCUT2D eigenvalue weighted by atomic mass is 9.91. The van der Waals surface area contributed by atoms with Crippen LogP contribution in [0.5, 0.6) is 5.75 Å². The maximum Gasteiger partial charge on any atom is 0.265 e. The molecule has 2 saturated heterocycles. The Labute approximate surface area is 145 Å². The van der Waals surface area contributed by atoms with Crippen LogP contribution in [0.4, 0.5) is 5.69 Å². The van der Waals surface area contributed by atoms with Crippen LogP contribution in [-0.2, 0) is 14.4 Å². The zero-order valence-corrected chi connectivity index (χ0v) is 14.0. The molecule has 2 aromatic carbocycles. The van der Waals surface area contributed by atoms with Crippen LogP contribution in [0, 0.1) is 5.92 Å². The first kappa shape index (κ1) is 15.8. The standard InChI is InChI=1S/C19H18N2O4/c1-20-16(12-8-10-14(24-2)11-9-12)15-17(25-20)19(23)21(18(15)22)13-6-4-3-5-7-13/h3-11,15-17H,1-2H3/t15-,16-,17-/m1/s1. The number of hydrogen-bond donors (Lipinski definition) is 0. The number of methoxy groups -OCH3 is 1. The molecule has 0 aliphatic carbocycles. The van der Waals surface area contributed by atoms with Crippen molar-refractivity contribution in [1.82, 2.24) is 5.06 Å². The van der Waals surface area contributed by atoms with E-state index in [0.717, 1.165) is 11.3 Å². The quantitative estimate of drug-likeness (QED) is 0.803. The number of carbonyl (C=O) groups is 2. The van der Waals surface area contributed by atoms with Gasteiger partial charge in [-0.3, -0.25) is 14.4 Å². The lowest BCUT2D eigenvalue weighted by Gasteiger charge is -2.24. The van der Waals surface area contributed by atoms with Crippen LogP contribution >= 0.6 is 0 Å². The van der Waals surface area contributed by atoms with Gasteiger partial charge in [0.2, 0.25) is 5.91 Å². The number of amides is 2. The third-order valence-corrected chi connectivity index (χ3v) is 4.78. The van der Waals surface area contributed by atoms with Crippen LogP contribution in [0.25, 0.3) is 0 Å². The number of carbonyl (C=O) groups excluding carboxylic acids is 2. The van der Waals surface area contributed by atoms with Crippen LogP contribution in [0.15, 0.2) is 54.6 Å². The van der Waals surface area contributed by atoms with E-state index in [1.165, 1.54) is 4.90 Å². The van der Waals surface area contributed by atoms with E-state index in [2.05, 4.69) is 0 Å². The van der Waals surface area contributed by atoms with Crippen LogP contribution < -0.4 is 9.64 Å². The number of rotatable bonds is 3. The lowest BCUT2D eigenvalue weighted by molar-refractivity contribution is -0.160. The first-order valence-corrected chi connectivity index (χ1v) is 8.08. The van der Waals surface area contributed by atoms with Gasteiger partial charge in [-0.25, -0.2) is 4.90 Å². The number of ether oxygens (including phenoxy) is 1. The van der Waals surface area contributed by atoms with Gasteiger partial charge in [0, 0.05) is 7.05 Å². The molecule has 128 valence electrons. The molecular formula is C19H18N2O4. The van der Waals surface area contributed by atoms with Gasteiger partial charge in [-0.2, -0.15) is 5.06 Å². The lowest BCUT2D eigenvalue weighted by Crippen LogP contribution is -2.36. The largest absolute Gasteiger partial charge is 0.497 e. The fourth-order valence-corrected chi connectivity index (χ4v) is 3.60. The molecule has 2 amide bonds. The number of nitrogens with zero attached hydrogens (tertiary/aromatic N) is 2. The topological polar surface area (TPSA) is 59.1 Å². The molecule has 0 aromatic heterocycles. The molecule has 6 heteroatoms. The molecule has 0 unspecified atom stereocenters. The van der Waals surface area contributed by atoms with Gasteiger partial charge in [0.25, 0.3) is 5.91 Å². The Kier molecular flexibility index (Phi) is 3.78. The molecule has 6 nitrogen and oxygen atoms in total. The van der Waals surface area contributed by atoms with E-state index >= 15 is 0 Å². The SMILES string of the molecule is COc1ccc([C@@H]2[C@H]3C(=O)N(c4ccccc4)C(=O)[C@@H]3ON2C)cc1. The second kappa shape index (κ2) is 5.98. The number of fused-ring (bicyclic) bond motifs is 1. The van der Waals surface area contributed by atoms with Gasteiger partial charge >= 0.3 is 0 Å². The highest BCUT2D eigenvalue weighted by Crippen LogP contribution is 2.44. The third-order valence-electron chi connectivity index (χ3n) is 4.78. The van der Waals surface area contributed by atoms with Crippen molar-refractivity contribution >= 4 is 17.5 Å². The molecule has 2 aromatic rings. The van der Waals surface area contributed by atoms with Gasteiger partial charge in [-0.05, 0) is 29.8 Å². The highest BCUT2D eigenvalue weighted by atomic mass is 16.7. The first-order chi connectivity index (χ1) is 12.1. The van der Waals surface area contributed by atoms with Crippen molar-refractivity contribution in [3.63, 3.8) is 0 Å². The van der Waals surface area contributed by atoms with Gasteiger partial charge in [-0.1, -0.05) is 30.3 Å². The van der Waals surface area contributed by atoms with E-state index in [-0.39, 0.29) is 17.9 Å². The zero-order valence-electron chi connectivity index (χ0n) is 14.0. The molecule has 25 heavy (non-hydrogen) atoms. The molecule has 0 N–H and O–H groups in total. The van der Waals surface area contributed by atoms with Crippen LogP contribution in [0.2, 0.25) is 0 Å². The van der Waals surface area contributed by atoms with Crippen molar-refractivity contribution in [3.05, 3.63) is 60.2 Å². The van der Waals surface area contributed by atoms with E-state index in [1.54, 1.807) is 43.5 Å². The summed E-state index contributed by atoms with van der Waals surface area (Å²) >= 11 is 0. The van der Waals surface area contributed by atoms with Crippen LogP contribution in [0.3, 0.4) is 0 Å². The van der Waals surface area contributed by atoms with E-state index in [0.29, 0.717) is 5.69 Å². The second-order valence-corrected chi connectivity index (χ2v) is 6.16. The number of anilines is 1. The number of hydrogen-bond acceptors (Lipinski definition) is 5. The average molecular weight is 338 g/mol. The number of imide groups is 1. The summed E-state index contributed by atoms with van der Waals surface area (Å²) in [6.45, 7) is 0. The maximum atomic E-state index is 13.0. The first-order valence-electron chi connectivity index (χ1n) is 8.08. The minimum absolute atomic E-state index is 0.230. The summed E-state index contributed by atoms with van der Waals surface area (Å²) in [6, 6.07) is 16.1. The number of benzene rings is 2. The van der Waals surface area contributed by atoms with Gasteiger partial charge in [0.15, 0.2) is 6.10 Å². The summed E-state index contributed by atoms with van der Waals surface area (Å²) in [4.78, 5) is 32.7. The third kappa shape index (κ3) is 2.42. The average Bonchev–Trinajstić information content (AvgIpc) is 3.10. The molecular weight excluding hydrogens is 320 g/mol. The van der Waals surface area contributed by atoms with Crippen molar-refractivity contribution in [1.29, 1.82) is 0 Å². The summed E-state index contributed by atoms with van der Waals surface area (Å²) in [5.74, 6) is -0.372. The van der Waals surface area contributed by atoms with E-state index in [4.69, 9.17) is 9.57 Å². The smallest absolute Gasteiger partial charge is 0.265 e. The Hall–Kier alpha value is -2.70. The molecule has 2 fully saturated rings. The van der Waals surface area contributed by atoms with E-state index in [1.807, 2.05) is 30.3 Å². The predicted molar refractivity (Wildman–Crippen MR) is 90.8 cm³/mol. The highest BCUT2D eigenvalue weighted by Gasteiger charge is 2.59. The van der Waals surface area contributed by atoms with Gasteiger partial charge in [0.05, 0.1) is 24.8 Å². The number of para-hydroxylation sites is 1. The van der Waals surface area contributed by atoms with Crippen LogP contribution in [0.1, 0.15) is 11.6 Å². The Morgan fingerprint density at radius 3 is 2.28 bits per heavy atom. The summed E-state index contributed by atoms with van der Waals surface area (Å²) in [6.07, 6.45) is -0.787. The Balaban J connectivity index is 1.69.